The van der Waals surface area contributed by atoms with Gasteiger partial charge in [0, 0.05) is 32.7 Å². The van der Waals surface area contributed by atoms with E-state index in [1.165, 1.54) is 24.3 Å². The molecule has 0 aromatic heterocycles. The molecule has 2 aliphatic rings. The van der Waals surface area contributed by atoms with Gasteiger partial charge in [-0.25, -0.2) is 0 Å². The molecule has 2 heterocycles. The van der Waals surface area contributed by atoms with Gasteiger partial charge in [-0.05, 0) is 24.3 Å². The Kier molecular flexibility index (Phi) is 4.49. The third-order valence-corrected chi connectivity index (χ3v) is 4.54. The monoisotopic (exact) mass is 243 g/mol. The van der Waals surface area contributed by atoms with Gasteiger partial charge in [0.25, 0.3) is 0 Å². The Morgan fingerprint density at radius 3 is 2.88 bits per heavy atom. The minimum Gasteiger partial charge on any atom is -0.358 e. The first-order valence-corrected chi connectivity index (χ1v) is 7.24. The largest absolute Gasteiger partial charge is 0.358 e. The van der Waals surface area contributed by atoms with E-state index < -0.39 is 0 Å². The predicted octanol–water partition coefficient (Wildman–Crippen LogP) is -0.0982. The fourth-order valence-electron chi connectivity index (χ4n) is 2.58. The van der Waals surface area contributed by atoms with Gasteiger partial charge < -0.3 is 10.6 Å². The molecule has 0 radical (unpaired) electrons. The van der Waals surface area contributed by atoms with Gasteiger partial charge in [-0.15, -0.1) is 0 Å². The second kappa shape index (κ2) is 5.89. The number of rotatable bonds is 2. The van der Waals surface area contributed by atoms with Crippen LogP contribution in [0.25, 0.3) is 0 Å². The molecule has 0 bridgehead atoms. The topological polar surface area (TPSA) is 44.4 Å². The van der Waals surface area contributed by atoms with Crippen LogP contribution in [-0.2, 0) is 4.79 Å². The Bertz CT molecular complexity index is 243. The van der Waals surface area contributed by atoms with E-state index >= 15 is 0 Å². The van der Waals surface area contributed by atoms with Crippen molar-refractivity contribution in [2.75, 3.05) is 38.2 Å². The number of carbonyl (C=O) groups excluding carboxylic acids is 1. The number of nitrogens with zero attached hydrogens (tertiary/aromatic N) is 1. The van der Waals surface area contributed by atoms with E-state index in [1.54, 1.807) is 7.05 Å². The van der Waals surface area contributed by atoms with Crippen molar-refractivity contribution in [3.05, 3.63) is 0 Å². The number of nitrogens with one attached hydrogen (secondary N) is 2. The summed E-state index contributed by atoms with van der Waals surface area (Å²) in [5.41, 5.74) is 0. The fourth-order valence-corrected chi connectivity index (χ4v) is 3.67. The Morgan fingerprint density at radius 1 is 1.44 bits per heavy atom. The first-order valence-electron chi connectivity index (χ1n) is 6.08. The normalized spacial score (nSPS) is 28.9. The Morgan fingerprint density at radius 2 is 2.19 bits per heavy atom. The summed E-state index contributed by atoms with van der Waals surface area (Å²) in [5.74, 6) is 2.65. The second-order valence-corrected chi connectivity index (χ2v) is 5.64. The SMILES string of the molecule is CNC(=O)C1CNCCN1C1CCSCC1. The molecule has 1 amide bonds. The molecule has 1 atom stereocenters. The zero-order chi connectivity index (χ0) is 11.4. The third-order valence-electron chi connectivity index (χ3n) is 3.49. The maximum Gasteiger partial charge on any atom is 0.238 e. The lowest BCUT2D eigenvalue weighted by Gasteiger charge is -2.41. The molecule has 2 fully saturated rings. The van der Waals surface area contributed by atoms with Crippen LogP contribution in [0, 0.1) is 0 Å². The van der Waals surface area contributed by atoms with E-state index in [1.807, 2.05) is 11.8 Å². The quantitative estimate of drug-likeness (QED) is 0.711. The summed E-state index contributed by atoms with van der Waals surface area (Å²) in [7, 11) is 1.73. The Labute approximate surface area is 102 Å². The number of carbonyl (C=O) groups is 1. The number of piperazine rings is 1. The number of hydrogen-bond acceptors (Lipinski definition) is 4. The molecule has 2 N–H and O–H groups in total. The molecule has 0 spiro atoms. The van der Waals surface area contributed by atoms with Gasteiger partial charge in [-0.3, -0.25) is 9.69 Å². The molecule has 16 heavy (non-hydrogen) atoms. The van der Waals surface area contributed by atoms with Gasteiger partial charge in [-0.2, -0.15) is 11.8 Å². The van der Waals surface area contributed by atoms with Crippen molar-refractivity contribution in [3.63, 3.8) is 0 Å². The summed E-state index contributed by atoms with van der Waals surface area (Å²) >= 11 is 2.04. The predicted molar refractivity (Wildman–Crippen MR) is 67.8 cm³/mol. The van der Waals surface area contributed by atoms with Gasteiger partial charge in [0.1, 0.15) is 6.04 Å². The average Bonchev–Trinajstić information content (AvgIpc) is 2.39. The van der Waals surface area contributed by atoms with Crippen molar-refractivity contribution in [2.45, 2.75) is 24.9 Å². The summed E-state index contributed by atoms with van der Waals surface area (Å²) in [6.07, 6.45) is 2.47. The van der Waals surface area contributed by atoms with Crippen molar-refractivity contribution in [2.24, 2.45) is 0 Å². The zero-order valence-electron chi connectivity index (χ0n) is 9.87. The highest BCUT2D eigenvalue weighted by Crippen LogP contribution is 2.23. The standard InChI is InChI=1S/C11H21N3OS/c1-12-11(15)10-8-13-4-5-14(10)9-2-6-16-7-3-9/h9-10,13H,2-8H2,1H3,(H,12,15). The number of likely N-dealkylation sites (N-methyl/N-ethyl adjacent to an activating group) is 1. The number of thioether (sulfide) groups is 1. The fraction of sp³-hybridized carbons (Fsp3) is 0.909. The van der Waals surface area contributed by atoms with E-state index in [0.717, 1.165) is 19.6 Å². The molecule has 2 saturated heterocycles. The highest BCUT2D eigenvalue weighted by Gasteiger charge is 2.33. The van der Waals surface area contributed by atoms with E-state index in [2.05, 4.69) is 15.5 Å². The van der Waals surface area contributed by atoms with Crippen LogP contribution >= 0.6 is 11.8 Å². The summed E-state index contributed by atoms with van der Waals surface area (Å²) in [5, 5.41) is 6.09. The summed E-state index contributed by atoms with van der Waals surface area (Å²) in [6.45, 7) is 2.81. The molecule has 4 nitrogen and oxygen atoms in total. The van der Waals surface area contributed by atoms with Crippen LogP contribution in [0.3, 0.4) is 0 Å². The van der Waals surface area contributed by atoms with Crippen molar-refractivity contribution in [1.82, 2.24) is 15.5 Å². The maximum atomic E-state index is 11.8. The number of hydrogen-bond donors (Lipinski definition) is 2. The summed E-state index contributed by atoms with van der Waals surface area (Å²) in [4.78, 5) is 14.2. The van der Waals surface area contributed by atoms with E-state index in [-0.39, 0.29) is 11.9 Å². The third kappa shape index (κ3) is 2.70. The first kappa shape index (κ1) is 12.2. The van der Waals surface area contributed by atoms with Gasteiger partial charge in [0.2, 0.25) is 5.91 Å². The Hall–Kier alpha value is -0.260. The second-order valence-electron chi connectivity index (χ2n) is 4.42. The smallest absolute Gasteiger partial charge is 0.238 e. The van der Waals surface area contributed by atoms with Crippen molar-refractivity contribution >= 4 is 17.7 Å². The van der Waals surface area contributed by atoms with E-state index in [0.29, 0.717) is 6.04 Å². The zero-order valence-corrected chi connectivity index (χ0v) is 10.7. The minimum absolute atomic E-state index is 0.0341. The molecule has 0 aliphatic carbocycles. The first-order chi connectivity index (χ1) is 7.83. The van der Waals surface area contributed by atoms with Crippen molar-refractivity contribution < 1.29 is 4.79 Å². The molecule has 0 aromatic rings. The summed E-state index contributed by atoms with van der Waals surface area (Å²) < 4.78 is 0. The molecule has 2 rings (SSSR count). The van der Waals surface area contributed by atoms with E-state index in [4.69, 9.17) is 0 Å². The lowest BCUT2D eigenvalue weighted by molar-refractivity contribution is -0.127. The van der Waals surface area contributed by atoms with Crippen LogP contribution in [-0.4, -0.2) is 61.1 Å². The highest BCUT2D eigenvalue weighted by atomic mass is 32.2. The average molecular weight is 243 g/mol. The van der Waals surface area contributed by atoms with Crippen LogP contribution in [0.5, 0.6) is 0 Å². The van der Waals surface area contributed by atoms with Gasteiger partial charge in [-0.1, -0.05) is 0 Å². The lowest BCUT2D eigenvalue weighted by atomic mass is 10.0. The molecule has 92 valence electrons. The van der Waals surface area contributed by atoms with E-state index in [9.17, 15) is 4.79 Å². The van der Waals surface area contributed by atoms with Gasteiger partial charge >= 0.3 is 0 Å². The molecular weight excluding hydrogens is 222 g/mol. The van der Waals surface area contributed by atoms with Gasteiger partial charge in [0.05, 0.1) is 0 Å². The minimum atomic E-state index is 0.0341. The lowest BCUT2D eigenvalue weighted by Crippen LogP contribution is -2.60. The number of amides is 1. The molecule has 0 saturated carbocycles. The summed E-state index contributed by atoms with van der Waals surface area (Å²) in [6, 6.07) is 0.650. The molecular formula is C11H21N3OS. The van der Waals surface area contributed by atoms with Crippen LogP contribution in [0.4, 0.5) is 0 Å². The Balaban J connectivity index is 2.00. The van der Waals surface area contributed by atoms with Crippen molar-refractivity contribution in [1.29, 1.82) is 0 Å². The molecule has 2 aliphatic heterocycles. The maximum absolute atomic E-state index is 11.8. The molecule has 1 unspecified atom stereocenters. The van der Waals surface area contributed by atoms with Crippen molar-refractivity contribution in [3.8, 4) is 0 Å². The van der Waals surface area contributed by atoms with Crippen LogP contribution in [0.15, 0.2) is 0 Å². The highest BCUT2D eigenvalue weighted by molar-refractivity contribution is 7.99. The molecule has 0 aromatic carbocycles. The van der Waals surface area contributed by atoms with Crippen LogP contribution in [0.1, 0.15) is 12.8 Å². The molecule has 5 heteroatoms. The van der Waals surface area contributed by atoms with Crippen LogP contribution < -0.4 is 10.6 Å². The van der Waals surface area contributed by atoms with Crippen LogP contribution in [0.2, 0.25) is 0 Å². The van der Waals surface area contributed by atoms with Gasteiger partial charge in [0.15, 0.2) is 0 Å².